The van der Waals surface area contributed by atoms with Crippen molar-refractivity contribution < 1.29 is 4.74 Å². The number of hydrogen-bond acceptors (Lipinski definition) is 7. The third-order valence-corrected chi connectivity index (χ3v) is 6.07. The van der Waals surface area contributed by atoms with E-state index in [1.54, 1.807) is 6.21 Å². The number of aryl methyl sites for hydroxylation is 2. The van der Waals surface area contributed by atoms with Crippen molar-refractivity contribution in [2.45, 2.75) is 34.1 Å². The Morgan fingerprint density at radius 1 is 1.14 bits per heavy atom. The Labute approximate surface area is 218 Å². The quantitative estimate of drug-likeness (QED) is 0.419. The summed E-state index contributed by atoms with van der Waals surface area (Å²) in [4.78, 5) is 11.3. The third-order valence-electron chi connectivity index (χ3n) is 6.07. The average Bonchev–Trinajstić information content (AvgIpc) is 3.26. The molecule has 190 valence electrons. The Balaban J connectivity index is 1.47. The van der Waals surface area contributed by atoms with E-state index < -0.39 is 0 Å². The van der Waals surface area contributed by atoms with Crippen molar-refractivity contribution in [1.29, 1.82) is 5.26 Å². The second kappa shape index (κ2) is 12.2. The Morgan fingerprint density at radius 3 is 2.54 bits per heavy atom. The van der Waals surface area contributed by atoms with Gasteiger partial charge in [0.1, 0.15) is 17.5 Å². The highest BCUT2D eigenvalue weighted by atomic mass is 16.5. The predicted molar refractivity (Wildman–Crippen MR) is 149 cm³/mol. The fraction of sp³-hybridized carbons (Fsp3) is 0.310. The minimum absolute atomic E-state index is 0.650. The van der Waals surface area contributed by atoms with Crippen LogP contribution in [-0.4, -0.2) is 47.3 Å². The number of anilines is 2. The van der Waals surface area contributed by atoms with Crippen LogP contribution in [0, 0.1) is 25.2 Å². The van der Waals surface area contributed by atoms with Crippen LogP contribution in [0.25, 0.3) is 11.3 Å². The van der Waals surface area contributed by atoms with E-state index in [0.717, 1.165) is 65.2 Å². The van der Waals surface area contributed by atoms with E-state index in [2.05, 4.69) is 44.4 Å². The summed E-state index contributed by atoms with van der Waals surface area (Å²) >= 11 is 0. The van der Waals surface area contributed by atoms with Gasteiger partial charge in [-0.1, -0.05) is 6.92 Å². The number of benzene rings is 2. The first kappa shape index (κ1) is 25.9. The lowest BCUT2D eigenvalue weighted by Gasteiger charge is -2.29. The molecule has 0 atom stereocenters. The Hall–Kier alpha value is -4.22. The van der Waals surface area contributed by atoms with Gasteiger partial charge < -0.3 is 15.0 Å². The van der Waals surface area contributed by atoms with Crippen molar-refractivity contribution in [2.24, 2.45) is 4.99 Å². The number of aliphatic imine (C=N–C) groups is 1. The van der Waals surface area contributed by atoms with Crippen molar-refractivity contribution >= 4 is 23.2 Å². The van der Waals surface area contributed by atoms with Gasteiger partial charge in [0.25, 0.3) is 0 Å². The van der Waals surface area contributed by atoms with Gasteiger partial charge in [0, 0.05) is 30.7 Å². The summed E-state index contributed by atoms with van der Waals surface area (Å²) in [5.74, 6) is 2.38. The largest absolute Gasteiger partial charge is 0.378 e. The van der Waals surface area contributed by atoms with E-state index in [1.165, 1.54) is 0 Å². The fourth-order valence-electron chi connectivity index (χ4n) is 4.16. The zero-order valence-corrected chi connectivity index (χ0v) is 21.9. The number of rotatable bonds is 8. The number of nitrogens with one attached hydrogen (secondary N) is 1. The fourth-order valence-corrected chi connectivity index (χ4v) is 4.16. The van der Waals surface area contributed by atoms with E-state index in [1.807, 2.05) is 74.0 Å². The maximum Gasteiger partial charge on any atom is 0.148 e. The Morgan fingerprint density at radius 2 is 1.89 bits per heavy atom. The van der Waals surface area contributed by atoms with Crippen molar-refractivity contribution in [2.75, 3.05) is 36.5 Å². The standard InChI is InChI=1S/C29H33N7O/c1-5-6-29(33-26-7-9-27(10-8-26)36-23(4)32-22(3)34-36)31-12-11-21(2)25-17-24(20-30)18-28(19-25)35-13-15-37-16-14-35/h6-12,17-19,33H,5,13-16H2,1-4H3/b21-11+,29-6-,31-12-. The molecular weight excluding hydrogens is 462 g/mol. The Kier molecular flexibility index (Phi) is 8.49. The molecule has 1 aliphatic rings. The third kappa shape index (κ3) is 6.72. The molecule has 8 nitrogen and oxygen atoms in total. The summed E-state index contributed by atoms with van der Waals surface area (Å²) in [5.41, 5.74) is 5.64. The normalized spacial score (nSPS) is 14.7. The van der Waals surface area contributed by atoms with Gasteiger partial charge in [-0.3, -0.25) is 0 Å². The monoisotopic (exact) mass is 495 g/mol. The molecule has 0 amide bonds. The number of allylic oxidation sites excluding steroid dienone is 3. The molecule has 37 heavy (non-hydrogen) atoms. The second-order valence-corrected chi connectivity index (χ2v) is 8.90. The molecule has 1 aromatic heterocycles. The van der Waals surface area contributed by atoms with Gasteiger partial charge in [-0.2, -0.15) is 10.4 Å². The van der Waals surface area contributed by atoms with E-state index >= 15 is 0 Å². The first-order valence-electron chi connectivity index (χ1n) is 12.5. The first-order valence-corrected chi connectivity index (χ1v) is 12.5. The van der Waals surface area contributed by atoms with Crippen molar-refractivity contribution in [3.63, 3.8) is 0 Å². The second-order valence-electron chi connectivity index (χ2n) is 8.90. The van der Waals surface area contributed by atoms with E-state index in [4.69, 9.17) is 4.74 Å². The van der Waals surface area contributed by atoms with Crippen molar-refractivity contribution in [3.05, 3.63) is 83.2 Å². The molecule has 2 heterocycles. The molecule has 0 saturated carbocycles. The number of nitriles is 1. The summed E-state index contributed by atoms with van der Waals surface area (Å²) in [7, 11) is 0. The summed E-state index contributed by atoms with van der Waals surface area (Å²) < 4.78 is 7.30. The molecule has 4 rings (SSSR count). The number of morpholine rings is 1. The van der Waals surface area contributed by atoms with Crippen molar-refractivity contribution in [1.82, 2.24) is 14.8 Å². The zero-order chi connectivity index (χ0) is 26.2. The molecule has 1 saturated heterocycles. The van der Waals surface area contributed by atoms with E-state index in [0.29, 0.717) is 18.8 Å². The van der Waals surface area contributed by atoms with Crippen LogP contribution < -0.4 is 10.2 Å². The maximum absolute atomic E-state index is 9.55. The van der Waals surface area contributed by atoms with Gasteiger partial charge in [-0.25, -0.2) is 14.7 Å². The van der Waals surface area contributed by atoms with Gasteiger partial charge in [0.15, 0.2) is 0 Å². The van der Waals surface area contributed by atoms with Crippen LogP contribution in [0.4, 0.5) is 11.4 Å². The molecule has 0 unspecified atom stereocenters. The molecule has 0 spiro atoms. The van der Waals surface area contributed by atoms with Crippen LogP contribution in [0.5, 0.6) is 0 Å². The smallest absolute Gasteiger partial charge is 0.148 e. The SMILES string of the molecule is CC/C=C(/N=C\C=C(/C)c1cc(C#N)cc(N2CCOCC2)c1)Nc1ccc(-n2nc(C)nc2C)cc1. The minimum atomic E-state index is 0.650. The number of nitrogens with zero attached hydrogens (tertiary/aromatic N) is 6. The summed E-state index contributed by atoms with van der Waals surface area (Å²) in [6, 6.07) is 16.3. The average molecular weight is 496 g/mol. The summed E-state index contributed by atoms with van der Waals surface area (Å²) in [5, 5.41) is 17.4. The highest BCUT2D eigenvalue weighted by molar-refractivity contribution is 5.85. The molecule has 0 radical (unpaired) electrons. The number of ether oxygens (including phenoxy) is 1. The highest BCUT2D eigenvalue weighted by Gasteiger charge is 2.13. The topological polar surface area (TPSA) is 91.4 Å². The van der Waals surface area contributed by atoms with Gasteiger partial charge in [0.05, 0.1) is 30.5 Å². The lowest BCUT2D eigenvalue weighted by molar-refractivity contribution is 0.122. The molecule has 1 N–H and O–H groups in total. The minimum Gasteiger partial charge on any atom is -0.378 e. The molecule has 1 aliphatic heterocycles. The van der Waals surface area contributed by atoms with Crippen LogP contribution in [-0.2, 0) is 4.74 Å². The van der Waals surface area contributed by atoms with Crippen LogP contribution in [0.1, 0.15) is 43.0 Å². The van der Waals surface area contributed by atoms with Crippen LogP contribution in [0.15, 0.2) is 65.4 Å². The molecule has 8 heteroatoms. The van der Waals surface area contributed by atoms with Gasteiger partial charge in [-0.05, 0) is 92.9 Å². The molecule has 1 fully saturated rings. The lowest BCUT2D eigenvalue weighted by atomic mass is 10.0. The molecule has 0 bridgehead atoms. The van der Waals surface area contributed by atoms with E-state index in [9.17, 15) is 5.26 Å². The highest BCUT2D eigenvalue weighted by Crippen LogP contribution is 2.24. The zero-order valence-electron chi connectivity index (χ0n) is 21.9. The molecule has 3 aromatic rings. The summed E-state index contributed by atoms with van der Waals surface area (Å²) in [6.07, 6.45) is 6.67. The van der Waals surface area contributed by atoms with Crippen LogP contribution >= 0.6 is 0 Å². The lowest BCUT2D eigenvalue weighted by Crippen LogP contribution is -2.36. The number of aromatic nitrogens is 3. The number of hydrogen-bond donors (Lipinski definition) is 1. The van der Waals surface area contributed by atoms with Gasteiger partial charge in [0.2, 0.25) is 0 Å². The first-order chi connectivity index (χ1) is 18.0. The summed E-state index contributed by atoms with van der Waals surface area (Å²) in [6.45, 7) is 11.0. The van der Waals surface area contributed by atoms with Gasteiger partial charge >= 0.3 is 0 Å². The molecular formula is C29H33N7O. The van der Waals surface area contributed by atoms with E-state index in [-0.39, 0.29) is 0 Å². The van der Waals surface area contributed by atoms with Crippen LogP contribution in [0.2, 0.25) is 0 Å². The van der Waals surface area contributed by atoms with Gasteiger partial charge in [-0.15, -0.1) is 0 Å². The van der Waals surface area contributed by atoms with Crippen molar-refractivity contribution in [3.8, 4) is 11.8 Å². The maximum atomic E-state index is 9.55. The molecule has 0 aliphatic carbocycles. The predicted octanol–water partition coefficient (Wildman–Crippen LogP) is 5.43. The molecule has 2 aromatic carbocycles. The van der Waals surface area contributed by atoms with Crippen LogP contribution in [0.3, 0.4) is 0 Å². The Bertz CT molecular complexity index is 1350.